The molecule has 0 saturated carbocycles. The highest BCUT2D eigenvalue weighted by molar-refractivity contribution is 5.70. The van der Waals surface area contributed by atoms with Crippen LogP contribution in [0.4, 0.5) is 0 Å². The fourth-order valence-corrected chi connectivity index (χ4v) is 7.21. The summed E-state index contributed by atoms with van der Waals surface area (Å²) in [5.41, 5.74) is 0. The summed E-state index contributed by atoms with van der Waals surface area (Å²) in [6, 6.07) is 0. The summed E-state index contributed by atoms with van der Waals surface area (Å²) in [6.07, 6.45) is 30.4. The molecule has 0 spiro atoms. The van der Waals surface area contributed by atoms with Crippen LogP contribution in [0.5, 0.6) is 0 Å². The van der Waals surface area contributed by atoms with E-state index in [2.05, 4.69) is 98.9 Å². The summed E-state index contributed by atoms with van der Waals surface area (Å²) >= 11 is 0. The fourth-order valence-electron chi connectivity index (χ4n) is 7.21. The van der Waals surface area contributed by atoms with Gasteiger partial charge < -0.3 is 64.2 Å². The third-order valence-corrected chi connectivity index (χ3v) is 11.4. The number of unbranched alkanes of at least 4 members (excludes halogenated alkanes) is 9. The van der Waals surface area contributed by atoms with Crippen molar-refractivity contribution in [3.63, 3.8) is 0 Å². The summed E-state index contributed by atoms with van der Waals surface area (Å²) < 4.78 is 33.5. The summed E-state index contributed by atoms with van der Waals surface area (Å²) in [6.45, 7) is 2.35. The first-order valence-corrected chi connectivity index (χ1v) is 25.2. The maximum atomic E-state index is 13.0. The van der Waals surface area contributed by atoms with Crippen LogP contribution in [-0.2, 0) is 38.0 Å². The molecule has 0 bridgehead atoms. The van der Waals surface area contributed by atoms with Gasteiger partial charge in [0.05, 0.1) is 19.8 Å². The number of allylic oxidation sites excluding steroid dienone is 14. The third-order valence-electron chi connectivity index (χ3n) is 11.4. The van der Waals surface area contributed by atoms with Crippen LogP contribution in [0.1, 0.15) is 142 Å². The SMILES string of the molecule is CC/C=C/C/C=C/C/C=C/C/C=C/CCCCC(=O)O[C@@H](COC(=O)CCCCCC/C=C/C/C=C/C/C=C/CCCCC)CO[C@@H]1O[C@H](CO[C@@H]2O[C@H](CO)[C@H](O)C(O)C2O)[C@H](O)C(O)C1O. The molecule has 11 atom stereocenters. The summed E-state index contributed by atoms with van der Waals surface area (Å²) in [4.78, 5) is 25.7. The van der Waals surface area contributed by atoms with E-state index >= 15 is 0 Å². The molecule has 0 amide bonds. The lowest BCUT2D eigenvalue weighted by atomic mass is 9.98. The standard InChI is InChI=1S/C53H86O15/c1-3-5-7-9-11-13-15-17-19-20-22-23-25-27-29-31-33-35-44(55)63-38-41(66-45(56)36-34-32-30-28-26-24-21-18-16-14-12-10-8-6-4-2)39-64-52-51(62)49(60)47(58)43(68-52)40-65-53-50(61)48(59)46(57)42(37-54)67-53/h6,8,11-14,17-19,21-23,26,28,41-43,46-54,57-62H,3-5,7,9-10,15-16,20,24-25,27,29-40H2,1-2H3/b8-6+,13-11+,14-12+,19-17+,21-18+,23-22+,28-26+/t41-,42+,43+,46-,47-,48?,49?,50?,51?,52+,53+/m0/s1. The van der Waals surface area contributed by atoms with E-state index in [0.29, 0.717) is 12.8 Å². The molecule has 2 saturated heterocycles. The van der Waals surface area contributed by atoms with Crippen molar-refractivity contribution < 1.29 is 73.8 Å². The van der Waals surface area contributed by atoms with Crippen molar-refractivity contribution in [3.8, 4) is 0 Å². The average Bonchev–Trinajstić information content (AvgIpc) is 3.33. The lowest BCUT2D eigenvalue weighted by Gasteiger charge is -2.42. The Kier molecular flexibility index (Phi) is 35.2. The fraction of sp³-hybridized carbons (Fsp3) is 0.698. The van der Waals surface area contributed by atoms with Crippen molar-refractivity contribution in [1.82, 2.24) is 0 Å². The molecule has 0 aromatic carbocycles. The van der Waals surface area contributed by atoms with Crippen LogP contribution in [0.2, 0.25) is 0 Å². The Morgan fingerprint density at radius 1 is 0.485 bits per heavy atom. The van der Waals surface area contributed by atoms with Gasteiger partial charge in [0.2, 0.25) is 0 Å². The number of aliphatic hydroxyl groups is 7. The zero-order valence-corrected chi connectivity index (χ0v) is 40.8. The molecule has 15 nitrogen and oxygen atoms in total. The molecular formula is C53H86O15. The Bertz CT molecular complexity index is 1510. The van der Waals surface area contributed by atoms with Crippen molar-refractivity contribution in [1.29, 1.82) is 0 Å². The number of esters is 2. The highest BCUT2D eigenvalue weighted by Crippen LogP contribution is 2.26. The largest absolute Gasteiger partial charge is 0.462 e. The second kappa shape index (κ2) is 39.4. The number of hydrogen-bond donors (Lipinski definition) is 7. The minimum absolute atomic E-state index is 0.103. The van der Waals surface area contributed by atoms with Crippen molar-refractivity contribution in [3.05, 3.63) is 85.1 Å². The lowest BCUT2D eigenvalue weighted by molar-refractivity contribution is -0.332. The van der Waals surface area contributed by atoms with Crippen LogP contribution >= 0.6 is 0 Å². The van der Waals surface area contributed by atoms with Gasteiger partial charge in [-0.15, -0.1) is 0 Å². The summed E-state index contributed by atoms with van der Waals surface area (Å²) in [5.74, 6) is -1.01. The van der Waals surface area contributed by atoms with E-state index in [4.69, 9.17) is 28.4 Å². The number of ether oxygens (including phenoxy) is 6. The van der Waals surface area contributed by atoms with Crippen LogP contribution in [0.3, 0.4) is 0 Å². The van der Waals surface area contributed by atoms with E-state index in [9.17, 15) is 45.3 Å². The zero-order chi connectivity index (χ0) is 49.6. The van der Waals surface area contributed by atoms with Gasteiger partial charge in [-0.25, -0.2) is 0 Å². The molecular weight excluding hydrogens is 877 g/mol. The molecule has 2 heterocycles. The van der Waals surface area contributed by atoms with E-state index in [1.165, 1.54) is 19.3 Å². The first-order valence-electron chi connectivity index (χ1n) is 25.2. The summed E-state index contributed by atoms with van der Waals surface area (Å²) in [5, 5.41) is 72.0. The van der Waals surface area contributed by atoms with Gasteiger partial charge in [-0.3, -0.25) is 9.59 Å². The van der Waals surface area contributed by atoms with Gasteiger partial charge in [0.25, 0.3) is 0 Å². The molecule has 68 heavy (non-hydrogen) atoms. The van der Waals surface area contributed by atoms with Gasteiger partial charge >= 0.3 is 11.9 Å². The molecule has 0 aromatic heterocycles. The van der Waals surface area contributed by atoms with Crippen molar-refractivity contribution in [2.24, 2.45) is 0 Å². The minimum atomic E-state index is -1.78. The van der Waals surface area contributed by atoms with Gasteiger partial charge in [0.15, 0.2) is 18.7 Å². The van der Waals surface area contributed by atoms with Crippen molar-refractivity contribution in [2.75, 3.05) is 26.4 Å². The van der Waals surface area contributed by atoms with E-state index in [0.717, 1.165) is 83.5 Å². The van der Waals surface area contributed by atoms with Crippen LogP contribution in [0.25, 0.3) is 0 Å². The van der Waals surface area contributed by atoms with Crippen molar-refractivity contribution in [2.45, 2.75) is 210 Å². The predicted molar refractivity (Wildman–Crippen MR) is 261 cm³/mol. The van der Waals surface area contributed by atoms with E-state index in [1.54, 1.807) is 0 Å². The quantitative estimate of drug-likeness (QED) is 0.0193. The second-order valence-corrected chi connectivity index (χ2v) is 17.3. The molecule has 2 fully saturated rings. The highest BCUT2D eigenvalue weighted by atomic mass is 16.7. The molecule has 0 radical (unpaired) electrons. The number of aliphatic hydroxyl groups excluding tert-OH is 7. The first kappa shape index (κ1) is 60.8. The Labute approximate surface area is 405 Å². The monoisotopic (exact) mass is 963 g/mol. The Hall–Kier alpha value is -3.32. The van der Waals surface area contributed by atoms with Gasteiger partial charge in [-0.1, -0.05) is 125 Å². The molecule has 2 rings (SSSR count). The van der Waals surface area contributed by atoms with E-state index < -0.39 is 99.3 Å². The maximum Gasteiger partial charge on any atom is 0.306 e. The normalized spacial score (nSPS) is 26.5. The van der Waals surface area contributed by atoms with Gasteiger partial charge in [0, 0.05) is 12.8 Å². The number of hydrogen-bond acceptors (Lipinski definition) is 15. The number of rotatable bonds is 37. The predicted octanol–water partition coefficient (Wildman–Crippen LogP) is 6.82. The highest BCUT2D eigenvalue weighted by Gasteiger charge is 2.47. The third kappa shape index (κ3) is 27.2. The van der Waals surface area contributed by atoms with E-state index in [1.807, 2.05) is 0 Å². The van der Waals surface area contributed by atoms with Crippen LogP contribution in [-0.4, -0.2) is 142 Å². The Morgan fingerprint density at radius 2 is 0.926 bits per heavy atom. The Balaban J connectivity index is 1.85. The molecule has 0 aliphatic carbocycles. The zero-order valence-electron chi connectivity index (χ0n) is 40.8. The van der Waals surface area contributed by atoms with Gasteiger partial charge in [-0.05, 0) is 89.9 Å². The lowest BCUT2D eigenvalue weighted by Crippen LogP contribution is -2.61. The van der Waals surface area contributed by atoms with Crippen LogP contribution in [0.15, 0.2) is 85.1 Å². The first-order chi connectivity index (χ1) is 33.0. The van der Waals surface area contributed by atoms with Gasteiger partial charge in [0.1, 0.15) is 55.4 Å². The number of carbonyl (C=O) groups is 2. The van der Waals surface area contributed by atoms with Gasteiger partial charge in [-0.2, -0.15) is 0 Å². The average molecular weight is 963 g/mol. The Morgan fingerprint density at radius 3 is 1.47 bits per heavy atom. The van der Waals surface area contributed by atoms with E-state index in [-0.39, 0.29) is 19.4 Å². The van der Waals surface area contributed by atoms with Crippen molar-refractivity contribution >= 4 is 11.9 Å². The topological polar surface area (TPSA) is 231 Å². The number of carbonyl (C=O) groups excluding carboxylic acids is 2. The molecule has 7 N–H and O–H groups in total. The molecule has 2 aliphatic rings. The summed E-state index contributed by atoms with van der Waals surface area (Å²) in [7, 11) is 0. The molecule has 15 heteroatoms. The molecule has 0 aromatic rings. The second-order valence-electron chi connectivity index (χ2n) is 17.3. The molecule has 388 valence electrons. The smallest absolute Gasteiger partial charge is 0.306 e. The molecule has 2 aliphatic heterocycles. The van der Waals surface area contributed by atoms with Crippen LogP contribution < -0.4 is 0 Å². The minimum Gasteiger partial charge on any atom is -0.462 e. The molecule has 4 unspecified atom stereocenters. The maximum absolute atomic E-state index is 13.0. The van der Waals surface area contributed by atoms with Crippen LogP contribution in [0, 0.1) is 0 Å².